The number of rotatable bonds is 16. The van der Waals surface area contributed by atoms with Crippen molar-refractivity contribution in [2.75, 3.05) is 32.8 Å². The maximum absolute atomic E-state index is 14.4. The van der Waals surface area contributed by atoms with Crippen LogP contribution in [-0.4, -0.2) is 159 Å². The largest absolute Gasteiger partial charge is 0.508 e. The zero-order chi connectivity index (χ0) is 55.9. The average Bonchev–Trinajstić information content (AvgIpc) is 4.06. The van der Waals surface area contributed by atoms with E-state index >= 15 is 0 Å². The first-order chi connectivity index (χ1) is 37.5. The molecule has 20 heteroatoms. The molecule has 418 valence electrons. The zero-order valence-electron chi connectivity index (χ0n) is 44.3. The van der Waals surface area contributed by atoms with Crippen LogP contribution >= 0.6 is 0 Å². The summed E-state index contributed by atoms with van der Waals surface area (Å²) in [7, 11) is 0. The number of nitrogens with one attached hydrogen (secondary N) is 5. The normalized spacial score (nSPS) is 24.2. The van der Waals surface area contributed by atoms with Gasteiger partial charge in [0.2, 0.25) is 35.4 Å². The second-order valence-electron chi connectivity index (χ2n) is 20.4. The molecule has 78 heavy (non-hydrogen) atoms. The second-order valence-corrected chi connectivity index (χ2v) is 20.4. The van der Waals surface area contributed by atoms with E-state index in [0.717, 1.165) is 52.2 Å². The first-order valence-electron chi connectivity index (χ1n) is 27.1. The fourth-order valence-electron chi connectivity index (χ4n) is 10.1. The average molecular weight is 1080 g/mol. The number of benzene rings is 4. The number of ether oxygens (including phenoxy) is 1. The number of phenols is 1. The molecule has 0 unspecified atom stereocenters. The van der Waals surface area contributed by atoms with Gasteiger partial charge in [0.1, 0.15) is 47.8 Å². The Balaban J connectivity index is 1.12. The summed E-state index contributed by atoms with van der Waals surface area (Å²) in [6.07, 6.45) is -0.465. The van der Waals surface area contributed by atoms with E-state index in [2.05, 4.69) is 33.5 Å². The lowest BCUT2D eigenvalue weighted by atomic mass is 9.99. The lowest BCUT2D eigenvalue weighted by Gasteiger charge is -2.32. The molecule has 3 fully saturated rings. The Morgan fingerprint density at radius 2 is 1.36 bits per heavy atom. The van der Waals surface area contributed by atoms with Crippen molar-refractivity contribution in [2.45, 2.75) is 139 Å². The Bertz CT molecular complexity index is 2690. The van der Waals surface area contributed by atoms with Crippen LogP contribution in [0.3, 0.4) is 0 Å². The smallest absolute Gasteiger partial charge is 0.251 e. The molecule has 0 aromatic heterocycles. The number of aliphatic hydroxyl groups excluding tert-OH is 3. The summed E-state index contributed by atoms with van der Waals surface area (Å²) in [6.45, 7) is 3.79. The summed E-state index contributed by atoms with van der Waals surface area (Å²) < 4.78 is 5.86. The van der Waals surface area contributed by atoms with Gasteiger partial charge < -0.3 is 67.3 Å². The Hall–Kier alpha value is -7.39. The summed E-state index contributed by atoms with van der Waals surface area (Å²) in [6, 6.07) is 20.6. The van der Waals surface area contributed by atoms with E-state index in [0.29, 0.717) is 12.2 Å². The topological polar surface area (TPSA) is 302 Å². The van der Waals surface area contributed by atoms with Crippen molar-refractivity contribution in [1.29, 1.82) is 0 Å². The first kappa shape index (κ1) is 58.3. The van der Waals surface area contributed by atoms with Crippen molar-refractivity contribution in [3.05, 3.63) is 108 Å². The SMILES string of the molecule is CCCCCOc1ccc(-c2ccc(-c3ccc(C(=O)N[C@H]4CCCNC(=O)[C@@H]5[C@@H](O)CCN5C(=O)[C@H](CCCN)NC(=O)[C@H](CCc5ccc(O)cc5)NC(=O)[C@@H]5C[C@@H](O)CN5C(=O)[C@H]([C@@H](C)O)NC4=O)cc3)cc2)cc1. The quantitative estimate of drug-likeness (QED) is 0.0723. The minimum Gasteiger partial charge on any atom is -0.508 e. The summed E-state index contributed by atoms with van der Waals surface area (Å²) in [4.78, 5) is 102. The first-order valence-corrected chi connectivity index (χ1v) is 27.1. The number of hydrogen-bond acceptors (Lipinski definition) is 13. The van der Waals surface area contributed by atoms with E-state index in [9.17, 15) is 54.0 Å². The molecule has 7 rings (SSSR count). The predicted octanol–water partition coefficient (Wildman–Crippen LogP) is 2.43. The van der Waals surface area contributed by atoms with Crippen molar-refractivity contribution < 1.29 is 58.7 Å². The third-order valence-electron chi connectivity index (χ3n) is 14.6. The lowest BCUT2D eigenvalue weighted by Crippen LogP contribution is -2.61. The van der Waals surface area contributed by atoms with E-state index < -0.39 is 95.9 Å². The molecule has 11 N–H and O–H groups in total. The van der Waals surface area contributed by atoms with Gasteiger partial charge in [0.15, 0.2) is 0 Å². The standard InChI is InChI=1S/C58H74N8O12/c1-3-4-5-32-78-44-25-21-40(22-26-44)38-15-13-37(14-16-38)39-17-19-41(20-18-39)52(71)61-45-9-7-30-60-56(75)51-49(70)28-31-65(51)57(76)47(8-6-29-59)63-53(72)46(27-12-36-10-23-42(68)24-11-36)62-55(74)48-33-43(69)34-66(48)58(77)50(35(2)67)64-54(45)73/h10-11,13-26,35,43,45-51,67-70H,3-9,12,27-34,59H2,1-2H3,(H,60,75)(H,61,71)(H,62,74)(H,63,72)(H,64,73)/t35-,43-,45+,46+,47+,48+,49+,50+,51+/m1/s1. The monoisotopic (exact) mass is 1070 g/mol. The molecule has 20 nitrogen and oxygen atoms in total. The Morgan fingerprint density at radius 3 is 1.99 bits per heavy atom. The summed E-state index contributed by atoms with van der Waals surface area (Å²) >= 11 is 0. The van der Waals surface area contributed by atoms with Gasteiger partial charge >= 0.3 is 0 Å². The van der Waals surface area contributed by atoms with Crippen LogP contribution in [-0.2, 0) is 35.2 Å². The fraction of sp³-hybridized carbons (Fsp3) is 0.466. The van der Waals surface area contributed by atoms with Crippen molar-refractivity contribution in [3.8, 4) is 33.8 Å². The van der Waals surface area contributed by atoms with Gasteiger partial charge in [-0.1, -0.05) is 80.4 Å². The van der Waals surface area contributed by atoms with Crippen LogP contribution < -0.4 is 37.1 Å². The molecule has 7 amide bonds. The van der Waals surface area contributed by atoms with Crippen molar-refractivity contribution in [2.24, 2.45) is 5.73 Å². The van der Waals surface area contributed by atoms with Crippen LogP contribution in [0.1, 0.15) is 94.0 Å². The van der Waals surface area contributed by atoms with Gasteiger partial charge in [-0.15, -0.1) is 0 Å². The molecule has 0 saturated carbocycles. The van der Waals surface area contributed by atoms with Gasteiger partial charge in [0.25, 0.3) is 5.91 Å². The number of hydrogen-bond donors (Lipinski definition) is 10. The Kier molecular flexibility index (Phi) is 20.8. The third kappa shape index (κ3) is 15.2. The summed E-state index contributed by atoms with van der Waals surface area (Å²) in [5.74, 6) is -4.56. The van der Waals surface area contributed by atoms with Crippen molar-refractivity contribution in [1.82, 2.24) is 36.4 Å². The van der Waals surface area contributed by atoms with Crippen molar-refractivity contribution >= 4 is 41.4 Å². The van der Waals surface area contributed by atoms with Gasteiger partial charge in [0.05, 0.1) is 24.9 Å². The zero-order valence-corrected chi connectivity index (χ0v) is 44.3. The van der Waals surface area contributed by atoms with Gasteiger partial charge in [-0.25, -0.2) is 0 Å². The second kappa shape index (κ2) is 27.8. The number of carbonyl (C=O) groups is 7. The number of amides is 7. The highest BCUT2D eigenvalue weighted by atomic mass is 16.5. The van der Waals surface area contributed by atoms with E-state index in [-0.39, 0.29) is 88.9 Å². The minimum atomic E-state index is -1.68. The van der Waals surface area contributed by atoms with Crippen LogP contribution in [0.2, 0.25) is 0 Å². The third-order valence-corrected chi connectivity index (χ3v) is 14.6. The maximum Gasteiger partial charge on any atom is 0.251 e. The molecule has 3 aliphatic heterocycles. The van der Waals surface area contributed by atoms with Gasteiger partial charge in [0, 0.05) is 31.6 Å². The molecule has 3 saturated heterocycles. The number of fused-ring (bicyclic) bond motifs is 2. The van der Waals surface area contributed by atoms with Crippen LogP contribution in [0, 0.1) is 0 Å². The number of unbranched alkanes of at least 4 members (excludes halogenated alkanes) is 2. The van der Waals surface area contributed by atoms with Gasteiger partial charge in [-0.2, -0.15) is 0 Å². The van der Waals surface area contributed by atoms with Crippen LogP contribution in [0.4, 0.5) is 0 Å². The number of aliphatic hydroxyl groups is 3. The van der Waals surface area contributed by atoms with E-state index in [4.69, 9.17) is 10.5 Å². The number of nitrogens with zero attached hydrogens (tertiary/aromatic N) is 2. The van der Waals surface area contributed by atoms with Crippen LogP contribution in [0.5, 0.6) is 11.5 Å². The number of phenolic OH excluding ortho intramolecular Hbond substituents is 1. The Labute approximate surface area is 454 Å². The Morgan fingerprint density at radius 1 is 0.731 bits per heavy atom. The fourth-order valence-corrected chi connectivity index (χ4v) is 10.1. The number of carbonyl (C=O) groups excluding carboxylic acids is 7. The molecular formula is C58H74N8O12. The summed E-state index contributed by atoms with van der Waals surface area (Å²) in [5, 5.41) is 56.4. The molecule has 3 heterocycles. The van der Waals surface area contributed by atoms with Crippen LogP contribution in [0.15, 0.2) is 97.1 Å². The molecule has 4 aromatic carbocycles. The van der Waals surface area contributed by atoms with E-state index in [1.54, 1.807) is 36.4 Å². The van der Waals surface area contributed by atoms with E-state index in [1.165, 1.54) is 24.0 Å². The molecule has 0 aliphatic carbocycles. The number of aryl methyl sites for hydroxylation is 1. The minimum absolute atomic E-state index is 0.0151. The lowest BCUT2D eigenvalue weighted by molar-refractivity contribution is -0.145. The molecule has 0 spiro atoms. The highest BCUT2D eigenvalue weighted by molar-refractivity contribution is 6.00. The highest BCUT2D eigenvalue weighted by Gasteiger charge is 2.46. The molecule has 3 aliphatic rings. The maximum atomic E-state index is 14.4. The van der Waals surface area contributed by atoms with Crippen molar-refractivity contribution in [3.63, 3.8) is 0 Å². The van der Waals surface area contributed by atoms with Crippen LogP contribution in [0.25, 0.3) is 22.3 Å². The van der Waals surface area contributed by atoms with Gasteiger partial charge in [-0.3, -0.25) is 33.6 Å². The predicted molar refractivity (Wildman–Crippen MR) is 290 cm³/mol. The summed E-state index contributed by atoms with van der Waals surface area (Å²) in [5.41, 5.74) is 10.5. The molecule has 4 aromatic rings. The molecule has 0 radical (unpaired) electrons. The number of aromatic hydroxyl groups is 1. The van der Waals surface area contributed by atoms with E-state index in [1.807, 2.05) is 48.5 Å². The highest BCUT2D eigenvalue weighted by Crippen LogP contribution is 2.28. The molecular weight excluding hydrogens is 1000 g/mol. The molecule has 9 atom stereocenters. The number of nitrogens with two attached hydrogens (primary N) is 1. The van der Waals surface area contributed by atoms with Gasteiger partial charge in [-0.05, 0) is 129 Å². The molecule has 0 bridgehead atoms.